The van der Waals surface area contributed by atoms with Gasteiger partial charge in [0.2, 0.25) is 14.2 Å². The molecule has 2 rings (SSSR count). The Bertz CT molecular complexity index is 1070. The molecule has 3 N–H and O–H groups in total. The van der Waals surface area contributed by atoms with Crippen molar-refractivity contribution in [3.8, 4) is 5.75 Å². The van der Waals surface area contributed by atoms with E-state index in [2.05, 4.69) is 45.2 Å². The average molecular weight is 556 g/mol. The van der Waals surface area contributed by atoms with Crippen LogP contribution in [0.5, 0.6) is 5.75 Å². The molecule has 0 spiro atoms. The van der Waals surface area contributed by atoms with Crippen molar-refractivity contribution in [3.63, 3.8) is 0 Å². The number of carbonyl (C=O) groups excluding carboxylic acids is 1. The molecule has 1 aliphatic rings. The zero-order chi connectivity index (χ0) is 29.2. The molecule has 0 saturated heterocycles. The second-order valence-corrected chi connectivity index (χ2v) is 16.8. The molecule has 7 heteroatoms. The van der Waals surface area contributed by atoms with Crippen molar-refractivity contribution in [2.75, 3.05) is 12.4 Å². The molecule has 0 aromatic heterocycles. The SMILES string of the molecule is COC1C=CC=CC=CCC(O)C(C)C(O)C(C)=CCCc2cc(cc(O[Si](C)(C)C(C)(C)C)c2)NC(=O)C1. The fraction of sp³-hybridized carbons (Fsp3) is 0.531. The summed E-state index contributed by atoms with van der Waals surface area (Å²) >= 11 is 0. The van der Waals surface area contributed by atoms with Crippen molar-refractivity contribution in [2.24, 2.45) is 5.92 Å². The molecular weight excluding hydrogens is 506 g/mol. The van der Waals surface area contributed by atoms with Gasteiger partial charge in [-0.3, -0.25) is 4.79 Å². The molecule has 1 heterocycles. The number of anilines is 1. The topological polar surface area (TPSA) is 88.0 Å². The van der Waals surface area contributed by atoms with Gasteiger partial charge in [-0.1, -0.05) is 70.2 Å². The highest BCUT2D eigenvalue weighted by molar-refractivity contribution is 6.74. The molecule has 6 nitrogen and oxygen atoms in total. The monoisotopic (exact) mass is 555 g/mol. The van der Waals surface area contributed by atoms with Gasteiger partial charge in [0, 0.05) is 24.8 Å². The van der Waals surface area contributed by atoms with E-state index in [0.717, 1.165) is 23.3 Å². The molecule has 0 saturated carbocycles. The van der Waals surface area contributed by atoms with Gasteiger partial charge < -0.3 is 24.7 Å². The highest BCUT2D eigenvalue weighted by atomic mass is 28.4. The Hall–Kier alpha value is -2.45. The summed E-state index contributed by atoms with van der Waals surface area (Å²) in [6.45, 7) is 14.8. The number of nitrogens with one attached hydrogen (secondary N) is 1. The van der Waals surface area contributed by atoms with Crippen LogP contribution in [-0.4, -0.2) is 49.9 Å². The fourth-order valence-electron chi connectivity index (χ4n) is 4.05. The number of hydrogen-bond acceptors (Lipinski definition) is 5. The van der Waals surface area contributed by atoms with Crippen LogP contribution in [0, 0.1) is 5.92 Å². The number of amides is 1. The molecular formula is C32H49NO5Si. The van der Waals surface area contributed by atoms with Crippen LogP contribution in [0.4, 0.5) is 5.69 Å². The first-order chi connectivity index (χ1) is 18.2. The number of rotatable bonds is 3. The minimum absolute atomic E-state index is 0.0348. The molecule has 0 radical (unpaired) electrons. The lowest BCUT2D eigenvalue weighted by Crippen LogP contribution is -2.43. The Morgan fingerprint density at radius 3 is 2.41 bits per heavy atom. The maximum atomic E-state index is 12.9. The van der Waals surface area contributed by atoms with Crippen LogP contribution in [-0.2, 0) is 16.0 Å². The van der Waals surface area contributed by atoms with E-state index in [9.17, 15) is 15.0 Å². The largest absolute Gasteiger partial charge is 0.543 e. The quantitative estimate of drug-likeness (QED) is 0.285. The van der Waals surface area contributed by atoms with Gasteiger partial charge in [0.15, 0.2) is 0 Å². The summed E-state index contributed by atoms with van der Waals surface area (Å²) in [5.41, 5.74) is 2.57. The highest BCUT2D eigenvalue weighted by Gasteiger charge is 2.39. The van der Waals surface area contributed by atoms with Gasteiger partial charge in [0.25, 0.3) is 0 Å². The van der Waals surface area contributed by atoms with Gasteiger partial charge in [-0.15, -0.1) is 0 Å². The van der Waals surface area contributed by atoms with E-state index in [1.807, 2.05) is 68.5 Å². The predicted octanol–water partition coefficient (Wildman–Crippen LogP) is 6.72. The van der Waals surface area contributed by atoms with Crippen LogP contribution in [0.15, 0.2) is 66.3 Å². The second-order valence-electron chi connectivity index (χ2n) is 12.0. The van der Waals surface area contributed by atoms with E-state index in [1.54, 1.807) is 7.11 Å². The van der Waals surface area contributed by atoms with E-state index in [1.165, 1.54) is 0 Å². The average Bonchev–Trinajstić information content (AvgIpc) is 2.84. The van der Waals surface area contributed by atoms with Crippen LogP contribution in [0.1, 0.15) is 59.4 Å². The molecule has 4 unspecified atom stereocenters. The number of benzene rings is 1. The Morgan fingerprint density at radius 1 is 1.05 bits per heavy atom. The number of aliphatic hydroxyl groups is 2. The lowest BCUT2D eigenvalue weighted by Gasteiger charge is -2.36. The maximum Gasteiger partial charge on any atom is 0.250 e. The molecule has 2 bridgehead atoms. The zero-order valence-corrected chi connectivity index (χ0v) is 26.0. The van der Waals surface area contributed by atoms with Crippen molar-refractivity contribution in [3.05, 3.63) is 71.9 Å². The van der Waals surface area contributed by atoms with Crippen LogP contribution in [0.3, 0.4) is 0 Å². The third-order valence-electron chi connectivity index (χ3n) is 7.76. The Kier molecular flexibility index (Phi) is 12.4. The summed E-state index contributed by atoms with van der Waals surface area (Å²) in [5.74, 6) is 0.319. The summed E-state index contributed by atoms with van der Waals surface area (Å²) in [6.07, 6.45) is 13.5. The number of methoxy groups -OCH3 is 1. The third kappa shape index (κ3) is 10.6. The van der Waals surface area contributed by atoms with E-state index < -0.39 is 20.5 Å². The second kappa shape index (κ2) is 14.8. The first kappa shape index (κ1) is 32.8. The first-order valence-corrected chi connectivity index (χ1v) is 16.8. The number of allylic oxidation sites excluding steroid dienone is 5. The Labute approximate surface area is 236 Å². The smallest absolute Gasteiger partial charge is 0.250 e. The molecule has 1 aromatic rings. The van der Waals surface area contributed by atoms with E-state index >= 15 is 0 Å². The lowest BCUT2D eigenvalue weighted by atomic mass is 9.90. The number of aryl methyl sites for hydroxylation is 1. The van der Waals surface area contributed by atoms with Gasteiger partial charge in [0.05, 0.1) is 24.7 Å². The maximum absolute atomic E-state index is 12.9. The fourth-order valence-corrected chi connectivity index (χ4v) is 5.06. The standard InChI is InChI=1S/C32H49NO5Si/c1-23-15-14-16-25-19-26(21-28(20-25)38-39(7,8)32(3,4)5)33-30(35)22-27(37-6)17-12-10-9-11-13-18-29(34)24(2)31(23)36/h9-13,15,17,19-21,24,27,29,31,34,36H,14,16,18,22H2,1-8H3,(H,33,35). The normalized spacial score (nSPS) is 24.5. The summed E-state index contributed by atoms with van der Waals surface area (Å²) in [5, 5.41) is 24.5. The van der Waals surface area contributed by atoms with Crippen LogP contribution in [0.25, 0.3) is 0 Å². The predicted molar refractivity (Wildman–Crippen MR) is 164 cm³/mol. The molecule has 1 amide bonds. The minimum Gasteiger partial charge on any atom is -0.543 e. The Balaban J connectivity index is 2.41. The van der Waals surface area contributed by atoms with Gasteiger partial charge in [-0.2, -0.15) is 0 Å². The molecule has 1 aliphatic heterocycles. The summed E-state index contributed by atoms with van der Waals surface area (Å²) in [7, 11) is -0.501. The first-order valence-electron chi connectivity index (χ1n) is 13.9. The Morgan fingerprint density at radius 2 is 1.74 bits per heavy atom. The molecule has 1 aromatic carbocycles. The number of ether oxygens (including phenoxy) is 1. The summed E-state index contributed by atoms with van der Waals surface area (Å²) in [4.78, 5) is 12.9. The number of carbonyl (C=O) groups is 1. The molecule has 216 valence electrons. The number of hydrogen-bond donors (Lipinski definition) is 3. The van der Waals surface area contributed by atoms with Crippen LogP contribution in [0.2, 0.25) is 18.1 Å². The van der Waals surface area contributed by atoms with Gasteiger partial charge in [0.1, 0.15) is 5.75 Å². The molecule has 4 atom stereocenters. The summed E-state index contributed by atoms with van der Waals surface area (Å²) in [6, 6.07) is 5.94. The molecule has 0 aliphatic carbocycles. The van der Waals surface area contributed by atoms with Crippen molar-refractivity contribution < 1.29 is 24.2 Å². The third-order valence-corrected chi connectivity index (χ3v) is 12.1. The minimum atomic E-state index is -2.09. The summed E-state index contributed by atoms with van der Waals surface area (Å²) < 4.78 is 12.1. The molecule has 0 fully saturated rings. The van der Waals surface area contributed by atoms with Crippen LogP contribution >= 0.6 is 0 Å². The lowest BCUT2D eigenvalue weighted by molar-refractivity contribution is -0.117. The number of aliphatic hydroxyl groups excluding tert-OH is 2. The zero-order valence-electron chi connectivity index (χ0n) is 25.0. The van der Waals surface area contributed by atoms with Crippen molar-refractivity contribution >= 4 is 19.9 Å². The van der Waals surface area contributed by atoms with E-state index in [4.69, 9.17) is 9.16 Å². The van der Waals surface area contributed by atoms with Crippen molar-refractivity contribution in [2.45, 2.75) is 96.7 Å². The van der Waals surface area contributed by atoms with Crippen LogP contribution < -0.4 is 9.74 Å². The van der Waals surface area contributed by atoms with E-state index in [-0.39, 0.29) is 29.4 Å². The van der Waals surface area contributed by atoms with E-state index in [0.29, 0.717) is 18.5 Å². The molecule has 39 heavy (non-hydrogen) atoms. The number of fused-ring (bicyclic) bond motifs is 2. The highest BCUT2D eigenvalue weighted by Crippen LogP contribution is 2.38. The van der Waals surface area contributed by atoms with Crippen molar-refractivity contribution in [1.29, 1.82) is 0 Å². The van der Waals surface area contributed by atoms with Crippen molar-refractivity contribution in [1.82, 2.24) is 0 Å². The van der Waals surface area contributed by atoms with Gasteiger partial charge in [-0.25, -0.2) is 0 Å². The van der Waals surface area contributed by atoms with Gasteiger partial charge >= 0.3 is 0 Å². The van der Waals surface area contributed by atoms with Gasteiger partial charge in [-0.05, 0) is 67.6 Å².